The summed E-state index contributed by atoms with van der Waals surface area (Å²) >= 11 is 0. The Kier molecular flexibility index (Phi) is 4.39. The summed E-state index contributed by atoms with van der Waals surface area (Å²) in [7, 11) is 1.59. The summed E-state index contributed by atoms with van der Waals surface area (Å²) in [5.41, 5.74) is 0.595. The molecule has 1 N–H and O–H groups in total. The van der Waals surface area contributed by atoms with Crippen molar-refractivity contribution in [1.29, 1.82) is 0 Å². The Morgan fingerprint density at radius 2 is 1.89 bits per heavy atom. The van der Waals surface area contributed by atoms with Crippen LogP contribution in [0.3, 0.4) is 0 Å². The van der Waals surface area contributed by atoms with Crippen LogP contribution in [0.4, 0.5) is 0 Å². The van der Waals surface area contributed by atoms with Gasteiger partial charge in [-0.25, -0.2) is 0 Å². The van der Waals surface area contributed by atoms with Gasteiger partial charge in [0, 0.05) is 6.54 Å². The van der Waals surface area contributed by atoms with E-state index in [-0.39, 0.29) is 5.91 Å². The van der Waals surface area contributed by atoms with Crippen LogP contribution in [0.1, 0.15) is 30.1 Å². The first-order valence-corrected chi connectivity index (χ1v) is 6.61. The fourth-order valence-electron chi connectivity index (χ4n) is 2.04. The van der Waals surface area contributed by atoms with E-state index in [0.717, 1.165) is 23.6 Å². The van der Waals surface area contributed by atoms with E-state index >= 15 is 0 Å². The minimum absolute atomic E-state index is 0.0731. The summed E-state index contributed by atoms with van der Waals surface area (Å²) in [6.45, 7) is 2.80. The summed E-state index contributed by atoms with van der Waals surface area (Å²) in [5.74, 6) is 0.545. The van der Waals surface area contributed by atoms with E-state index in [1.165, 1.54) is 0 Å². The standard InChI is InChI=1S/C16H19NO2/c1-3-4-9-17-16(18)14-10-12-7-5-6-8-13(12)11-15(14)19-2/h5-8,10-11H,3-4,9H2,1-2H3,(H,17,18). The predicted octanol–water partition coefficient (Wildman–Crippen LogP) is 3.38. The van der Waals surface area contributed by atoms with E-state index in [2.05, 4.69) is 12.2 Å². The molecule has 19 heavy (non-hydrogen) atoms. The van der Waals surface area contributed by atoms with E-state index in [1.54, 1.807) is 7.11 Å². The molecule has 100 valence electrons. The molecule has 0 unspecified atom stereocenters. The number of rotatable bonds is 5. The summed E-state index contributed by atoms with van der Waals surface area (Å²) in [6.07, 6.45) is 2.05. The maximum absolute atomic E-state index is 12.2. The van der Waals surface area contributed by atoms with Gasteiger partial charge in [-0.15, -0.1) is 0 Å². The molecule has 0 fully saturated rings. The summed E-state index contributed by atoms with van der Waals surface area (Å²) in [4.78, 5) is 12.2. The maximum atomic E-state index is 12.2. The third kappa shape index (κ3) is 3.05. The van der Waals surface area contributed by atoms with Gasteiger partial charge in [-0.05, 0) is 29.3 Å². The Hall–Kier alpha value is -2.03. The molecule has 0 spiro atoms. The van der Waals surface area contributed by atoms with Gasteiger partial charge in [-0.3, -0.25) is 4.79 Å². The molecule has 0 atom stereocenters. The van der Waals surface area contributed by atoms with Gasteiger partial charge in [0.1, 0.15) is 5.75 Å². The number of methoxy groups -OCH3 is 1. The number of hydrogen-bond acceptors (Lipinski definition) is 2. The lowest BCUT2D eigenvalue weighted by molar-refractivity contribution is 0.0950. The van der Waals surface area contributed by atoms with Crippen molar-refractivity contribution < 1.29 is 9.53 Å². The van der Waals surface area contributed by atoms with Crippen molar-refractivity contribution in [2.75, 3.05) is 13.7 Å². The minimum atomic E-state index is -0.0731. The largest absolute Gasteiger partial charge is 0.496 e. The highest BCUT2D eigenvalue weighted by Crippen LogP contribution is 2.25. The molecule has 0 aliphatic carbocycles. The first-order chi connectivity index (χ1) is 9.26. The minimum Gasteiger partial charge on any atom is -0.496 e. The van der Waals surface area contributed by atoms with Gasteiger partial charge in [0.25, 0.3) is 5.91 Å². The second-order valence-corrected chi connectivity index (χ2v) is 4.51. The van der Waals surface area contributed by atoms with E-state index in [1.807, 2.05) is 36.4 Å². The zero-order valence-electron chi connectivity index (χ0n) is 11.4. The second-order valence-electron chi connectivity index (χ2n) is 4.51. The molecule has 0 bridgehead atoms. The number of fused-ring (bicyclic) bond motifs is 1. The molecule has 2 aromatic rings. The summed E-state index contributed by atoms with van der Waals surface area (Å²) < 4.78 is 5.32. The lowest BCUT2D eigenvalue weighted by atomic mass is 10.1. The highest BCUT2D eigenvalue weighted by atomic mass is 16.5. The lowest BCUT2D eigenvalue weighted by Crippen LogP contribution is -2.24. The fourth-order valence-corrected chi connectivity index (χ4v) is 2.04. The average Bonchev–Trinajstić information content (AvgIpc) is 2.46. The molecule has 2 rings (SSSR count). The quantitative estimate of drug-likeness (QED) is 0.834. The molecule has 0 aliphatic rings. The molecule has 2 aromatic carbocycles. The molecule has 0 radical (unpaired) electrons. The number of nitrogens with one attached hydrogen (secondary N) is 1. The number of ether oxygens (including phenoxy) is 1. The molecule has 3 heteroatoms. The van der Waals surface area contributed by atoms with Gasteiger partial charge < -0.3 is 10.1 Å². The van der Waals surface area contributed by atoms with Crippen molar-refractivity contribution in [3.63, 3.8) is 0 Å². The SMILES string of the molecule is CCCCNC(=O)c1cc2ccccc2cc1OC. The predicted molar refractivity (Wildman–Crippen MR) is 77.7 cm³/mol. The van der Waals surface area contributed by atoms with E-state index in [4.69, 9.17) is 4.74 Å². The zero-order chi connectivity index (χ0) is 13.7. The van der Waals surface area contributed by atoms with E-state index < -0.39 is 0 Å². The molecule has 0 aliphatic heterocycles. The number of hydrogen-bond donors (Lipinski definition) is 1. The summed E-state index contributed by atoms with van der Waals surface area (Å²) in [5, 5.41) is 5.04. The van der Waals surface area contributed by atoms with Crippen molar-refractivity contribution in [3.8, 4) is 5.75 Å². The highest BCUT2D eigenvalue weighted by molar-refractivity contribution is 6.01. The molecule has 0 aromatic heterocycles. The van der Waals surface area contributed by atoms with Crippen LogP contribution < -0.4 is 10.1 Å². The number of amides is 1. The lowest BCUT2D eigenvalue weighted by Gasteiger charge is -2.10. The number of carbonyl (C=O) groups excluding carboxylic acids is 1. The maximum Gasteiger partial charge on any atom is 0.255 e. The van der Waals surface area contributed by atoms with Crippen molar-refractivity contribution in [3.05, 3.63) is 42.0 Å². The van der Waals surface area contributed by atoms with Crippen LogP contribution in [-0.4, -0.2) is 19.6 Å². The van der Waals surface area contributed by atoms with Gasteiger partial charge in [0.15, 0.2) is 0 Å². The molecule has 0 heterocycles. The Labute approximate surface area is 113 Å². The third-order valence-corrected chi connectivity index (χ3v) is 3.13. The fraction of sp³-hybridized carbons (Fsp3) is 0.312. The highest BCUT2D eigenvalue weighted by Gasteiger charge is 2.12. The van der Waals surface area contributed by atoms with Crippen molar-refractivity contribution in [1.82, 2.24) is 5.32 Å². The van der Waals surface area contributed by atoms with E-state index in [0.29, 0.717) is 17.9 Å². The van der Waals surface area contributed by atoms with Gasteiger partial charge in [-0.2, -0.15) is 0 Å². The van der Waals surface area contributed by atoms with Crippen molar-refractivity contribution in [2.24, 2.45) is 0 Å². The molecule has 1 amide bonds. The van der Waals surface area contributed by atoms with Crippen LogP contribution in [0.15, 0.2) is 36.4 Å². The zero-order valence-corrected chi connectivity index (χ0v) is 11.4. The van der Waals surface area contributed by atoms with Crippen LogP contribution in [-0.2, 0) is 0 Å². The molecule has 0 saturated carbocycles. The Balaban J connectivity index is 2.32. The number of benzene rings is 2. The Bertz CT molecular complexity index is 578. The van der Waals surface area contributed by atoms with Gasteiger partial charge in [0.2, 0.25) is 0 Å². The van der Waals surface area contributed by atoms with Crippen molar-refractivity contribution >= 4 is 16.7 Å². The third-order valence-electron chi connectivity index (χ3n) is 3.13. The van der Waals surface area contributed by atoms with Crippen LogP contribution >= 0.6 is 0 Å². The smallest absolute Gasteiger partial charge is 0.255 e. The van der Waals surface area contributed by atoms with Crippen LogP contribution in [0.2, 0.25) is 0 Å². The summed E-state index contributed by atoms with van der Waals surface area (Å²) in [6, 6.07) is 11.7. The first kappa shape index (κ1) is 13.4. The van der Waals surface area contributed by atoms with Crippen LogP contribution in [0.5, 0.6) is 5.75 Å². The molecule has 3 nitrogen and oxygen atoms in total. The number of carbonyl (C=O) groups is 1. The Morgan fingerprint density at radius 3 is 2.53 bits per heavy atom. The normalized spacial score (nSPS) is 10.4. The molecule has 0 saturated heterocycles. The Morgan fingerprint density at radius 1 is 1.21 bits per heavy atom. The van der Waals surface area contributed by atoms with E-state index in [9.17, 15) is 4.79 Å². The van der Waals surface area contributed by atoms with Gasteiger partial charge >= 0.3 is 0 Å². The molecular formula is C16H19NO2. The second kappa shape index (κ2) is 6.23. The van der Waals surface area contributed by atoms with Crippen molar-refractivity contribution in [2.45, 2.75) is 19.8 Å². The average molecular weight is 257 g/mol. The number of unbranched alkanes of at least 4 members (excludes halogenated alkanes) is 1. The first-order valence-electron chi connectivity index (χ1n) is 6.61. The van der Waals surface area contributed by atoms with Crippen LogP contribution in [0, 0.1) is 0 Å². The van der Waals surface area contributed by atoms with Gasteiger partial charge in [0.05, 0.1) is 12.7 Å². The topological polar surface area (TPSA) is 38.3 Å². The van der Waals surface area contributed by atoms with Crippen LogP contribution in [0.25, 0.3) is 10.8 Å². The molecular weight excluding hydrogens is 238 g/mol. The van der Waals surface area contributed by atoms with Gasteiger partial charge in [-0.1, -0.05) is 37.6 Å². The monoisotopic (exact) mass is 257 g/mol.